The number of rotatable bonds is 6. The molecule has 28 heavy (non-hydrogen) atoms. The first-order valence-corrected chi connectivity index (χ1v) is 9.93. The van der Waals surface area contributed by atoms with E-state index in [9.17, 15) is 4.39 Å². The van der Waals surface area contributed by atoms with E-state index in [1.54, 1.807) is 33.5 Å². The molecule has 0 bridgehead atoms. The van der Waals surface area contributed by atoms with Crippen molar-refractivity contribution in [1.82, 2.24) is 4.90 Å². The van der Waals surface area contributed by atoms with Crippen LogP contribution >= 0.6 is 0 Å². The first kappa shape index (κ1) is 19.1. The van der Waals surface area contributed by atoms with Crippen molar-refractivity contribution in [1.29, 1.82) is 0 Å². The van der Waals surface area contributed by atoms with Gasteiger partial charge in [0, 0.05) is 25.0 Å². The maximum Gasteiger partial charge on any atom is 0.203 e. The summed E-state index contributed by atoms with van der Waals surface area (Å²) in [5.41, 5.74) is 2.41. The topological polar surface area (TPSA) is 30.9 Å². The van der Waals surface area contributed by atoms with Gasteiger partial charge in [-0.05, 0) is 54.2 Å². The van der Waals surface area contributed by atoms with Crippen LogP contribution in [0.1, 0.15) is 36.3 Å². The van der Waals surface area contributed by atoms with E-state index in [1.165, 1.54) is 24.8 Å². The van der Waals surface area contributed by atoms with E-state index in [-0.39, 0.29) is 5.82 Å². The van der Waals surface area contributed by atoms with E-state index in [2.05, 4.69) is 17.0 Å². The molecule has 4 nitrogen and oxygen atoms in total. The number of likely N-dealkylation sites (tertiary alicyclic amines) is 1. The molecule has 2 fully saturated rings. The van der Waals surface area contributed by atoms with E-state index in [4.69, 9.17) is 14.2 Å². The third-order valence-corrected chi connectivity index (χ3v) is 6.36. The fourth-order valence-electron chi connectivity index (χ4n) is 5.09. The summed E-state index contributed by atoms with van der Waals surface area (Å²) in [5.74, 6) is 2.94. The second-order valence-corrected chi connectivity index (χ2v) is 7.78. The molecule has 1 saturated heterocycles. The van der Waals surface area contributed by atoms with Gasteiger partial charge in [0.1, 0.15) is 5.82 Å². The molecule has 1 aliphatic carbocycles. The van der Waals surface area contributed by atoms with Gasteiger partial charge in [-0.15, -0.1) is 0 Å². The van der Waals surface area contributed by atoms with Crippen molar-refractivity contribution in [3.8, 4) is 17.2 Å². The third-order valence-electron chi connectivity index (χ3n) is 6.36. The number of nitrogens with zero attached hydrogens (tertiary/aromatic N) is 1. The van der Waals surface area contributed by atoms with Crippen LogP contribution in [0.15, 0.2) is 36.4 Å². The Kier molecular flexibility index (Phi) is 5.44. The van der Waals surface area contributed by atoms with Crippen LogP contribution in [0.3, 0.4) is 0 Å². The predicted molar refractivity (Wildman–Crippen MR) is 107 cm³/mol. The molecule has 2 aliphatic rings. The van der Waals surface area contributed by atoms with Crippen LogP contribution in [0.25, 0.3) is 0 Å². The summed E-state index contributed by atoms with van der Waals surface area (Å²) in [6, 6.07) is 11.7. The first-order chi connectivity index (χ1) is 13.6. The van der Waals surface area contributed by atoms with Gasteiger partial charge < -0.3 is 14.2 Å². The molecule has 3 atom stereocenters. The zero-order chi connectivity index (χ0) is 19.7. The summed E-state index contributed by atoms with van der Waals surface area (Å²) < 4.78 is 29.9. The molecule has 0 unspecified atom stereocenters. The van der Waals surface area contributed by atoms with Crippen LogP contribution in [0.4, 0.5) is 4.39 Å². The summed E-state index contributed by atoms with van der Waals surface area (Å²) in [6.07, 6.45) is 3.73. The van der Waals surface area contributed by atoms with Gasteiger partial charge in [0.25, 0.3) is 0 Å². The minimum atomic E-state index is -0.181. The molecule has 2 aromatic carbocycles. The van der Waals surface area contributed by atoms with Gasteiger partial charge in [0.15, 0.2) is 11.5 Å². The number of benzene rings is 2. The largest absolute Gasteiger partial charge is 0.493 e. The molecular weight excluding hydrogens is 357 g/mol. The Bertz CT molecular complexity index is 798. The molecular formula is C23H28FNO3. The maximum atomic E-state index is 13.3. The Labute approximate surface area is 166 Å². The molecule has 1 saturated carbocycles. The second-order valence-electron chi connectivity index (χ2n) is 7.78. The van der Waals surface area contributed by atoms with Crippen LogP contribution < -0.4 is 14.2 Å². The van der Waals surface area contributed by atoms with Crippen LogP contribution in [0.5, 0.6) is 17.2 Å². The standard InChI is InChI=1S/C23H28FNO3/c1-26-21-11-16(12-22(27-2)23(21)28-3)19-14-25(20-6-4-5-18(19)20)13-15-7-9-17(24)10-8-15/h7-12,18-20H,4-6,13-14H2,1-3H3/t18-,19+,20-/m1/s1. The lowest BCUT2D eigenvalue weighted by atomic mass is 9.86. The Hall–Kier alpha value is -2.27. The van der Waals surface area contributed by atoms with Gasteiger partial charge in [-0.3, -0.25) is 4.90 Å². The second kappa shape index (κ2) is 8.00. The van der Waals surface area contributed by atoms with E-state index < -0.39 is 0 Å². The summed E-state index contributed by atoms with van der Waals surface area (Å²) in [4.78, 5) is 2.57. The minimum absolute atomic E-state index is 0.181. The fourth-order valence-corrected chi connectivity index (χ4v) is 5.09. The third kappa shape index (κ3) is 3.44. The van der Waals surface area contributed by atoms with Crippen molar-refractivity contribution < 1.29 is 18.6 Å². The maximum absolute atomic E-state index is 13.3. The molecule has 0 radical (unpaired) electrons. The number of halogens is 1. The molecule has 4 rings (SSSR count). The van der Waals surface area contributed by atoms with Crippen LogP contribution in [-0.2, 0) is 6.54 Å². The lowest BCUT2D eigenvalue weighted by molar-refractivity contribution is 0.232. The smallest absolute Gasteiger partial charge is 0.203 e. The Balaban J connectivity index is 1.62. The van der Waals surface area contributed by atoms with Crippen molar-refractivity contribution in [3.63, 3.8) is 0 Å². The summed E-state index contributed by atoms with van der Waals surface area (Å²) in [6.45, 7) is 1.85. The molecule has 1 aliphatic heterocycles. The molecule has 0 aromatic heterocycles. The molecule has 0 spiro atoms. The van der Waals surface area contributed by atoms with Crippen molar-refractivity contribution in [3.05, 3.63) is 53.3 Å². The molecule has 5 heteroatoms. The van der Waals surface area contributed by atoms with Crippen LogP contribution in [0, 0.1) is 11.7 Å². The Morgan fingerprint density at radius 2 is 1.64 bits per heavy atom. The van der Waals surface area contributed by atoms with E-state index in [1.807, 2.05) is 12.1 Å². The Morgan fingerprint density at radius 1 is 0.964 bits per heavy atom. The quantitative estimate of drug-likeness (QED) is 0.726. The number of ether oxygens (including phenoxy) is 3. The highest BCUT2D eigenvalue weighted by Crippen LogP contribution is 2.49. The van der Waals surface area contributed by atoms with Crippen molar-refractivity contribution in [2.75, 3.05) is 27.9 Å². The van der Waals surface area contributed by atoms with Crippen molar-refractivity contribution >= 4 is 0 Å². The van der Waals surface area contributed by atoms with Crippen molar-refractivity contribution in [2.24, 2.45) is 5.92 Å². The highest BCUT2D eigenvalue weighted by atomic mass is 19.1. The van der Waals surface area contributed by atoms with E-state index in [0.717, 1.165) is 18.7 Å². The molecule has 2 aromatic rings. The Morgan fingerprint density at radius 3 is 2.25 bits per heavy atom. The summed E-state index contributed by atoms with van der Waals surface area (Å²) in [7, 11) is 4.96. The zero-order valence-corrected chi connectivity index (χ0v) is 16.8. The van der Waals surface area contributed by atoms with Gasteiger partial charge in [-0.25, -0.2) is 4.39 Å². The molecule has 1 heterocycles. The average molecular weight is 385 g/mol. The average Bonchev–Trinajstić information content (AvgIpc) is 3.32. The lowest BCUT2D eigenvalue weighted by Gasteiger charge is -2.23. The molecule has 0 amide bonds. The number of methoxy groups -OCH3 is 3. The highest BCUT2D eigenvalue weighted by Gasteiger charge is 2.45. The molecule has 0 N–H and O–H groups in total. The summed E-state index contributed by atoms with van der Waals surface area (Å²) >= 11 is 0. The van der Waals surface area contributed by atoms with Crippen LogP contribution in [-0.4, -0.2) is 38.8 Å². The van der Waals surface area contributed by atoms with Gasteiger partial charge in [-0.1, -0.05) is 18.6 Å². The molecule has 150 valence electrons. The summed E-state index contributed by atoms with van der Waals surface area (Å²) in [5, 5.41) is 0. The minimum Gasteiger partial charge on any atom is -0.493 e. The van der Waals surface area contributed by atoms with Crippen molar-refractivity contribution in [2.45, 2.75) is 37.8 Å². The number of hydrogen-bond acceptors (Lipinski definition) is 4. The predicted octanol–water partition coefficient (Wildman–Crippen LogP) is 4.62. The van der Waals surface area contributed by atoms with Gasteiger partial charge in [-0.2, -0.15) is 0 Å². The van der Waals surface area contributed by atoms with Crippen LogP contribution in [0.2, 0.25) is 0 Å². The number of fused-ring (bicyclic) bond motifs is 1. The lowest BCUT2D eigenvalue weighted by Crippen LogP contribution is -2.29. The van der Waals surface area contributed by atoms with Gasteiger partial charge in [0.2, 0.25) is 5.75 Å². The zero-order valence-electron chi connectivity index (χ0n) is 16.8. The highest BCUT2D eigenvalue weighted by molar-refractivity contribution is 5.55. The first-order valence-electron chi connectivity index (χ1n) is 9.93. The van der Waals surface area contributed by atoms with Gasteiger partial charge >= 0.3 is 0 Å². The monoisotopic (exact) mass is 385 g/mol. The number of hydrogen-bond donors (Lipinski definition) is 0. The van der Waals surface area contributed by atoms with Gasteiger partial charge in [0.05, 0.1) is 21.3 Å². The van der Waals surface area contributed by atoms with E-state index in [0.29, 0.717) is 35.1 Å². The SMILES string of the molecule is COc1cc([C@@H]2CN(Cc3ccc(F)cc3)[C@@H]3CCC[C@@H]32)cc(OC)c1OC. The normalized spacial score (nSPS) is 24.2. The fraction of sp³-hybridized carbons (Fsp3) is 0.478. The van der Waals surface area contributed by atoms with E-state index >= 15 is 0 Å².